The molecule has 0 atom stereocenters. The number of nitrogens with two attached hydrogens (primary N) is 1. The molecule has 0 bridgehead atoms. The summed E-state index contributed by atoms with van der Waals surface area (Å²) >= 11 is 0.661. The van der Waals surface area contributed by atoms with Gasteiger partial charge in [-0.05, 0) is 56.2 Å². The monoisotopic (exact) mass is 583 g/mol. The molecule has 5 aromatic rings. The molecule has 5 rings (SSSR count). The maximum atomic E-state index is 13.8. The lowest BCUT2D eigenvalue weighted by Crippen LogP contribution is -2.16. The molecule has 0 aliphatic carbocycles. The molecule has 0 radical (unpaired) electrons. The summed E-state index contributed by atoms with van der Waals surface area (Å²) < 4.78 is 54.5. The third-order valence-corrected chi connectivity index (χ3v) is 7.55. The van der Waals surface area contributed by atoms with E-state index in [1.54, 1.807) is 23.7 Å². The van der Waals surface area contributed by atoms with Crippen LogP contribution in [0.25, 0.3) is 21.3 Å². The number of para-hydroxylation sites is 1. The molecule has 2 amide bonds. The fourth-order valence-corrected chi connectivity index (χ4v) is 5.41. The molecule has 212 valence electrons. The number of anilines is 1. The lowest BCUT2D eigenvalue weighted by Gasteiger charge is -2.12. The second-order valence-corrected chi connectivity index (χ2v) is 10.1. The topological polar surface area (TPSA) is 125 Å². The average molecular weight is 584 g/mol. The maximum Gasteiger partial charge on any atom is 0.433 e. The van der Waals surface area contributed by atoms with E-state index in [1.807, 2.05) is 32.0 Å². The van der Waals surface area contributed by atoms with E-state index in [1.165, 1.54) is 12.3 Å². The molecule has 4 heterocycles. The Hall–Kier alpha value is -4.65. The first-order chi connectivity index (χ1) is 19.5. The first kappa shape index (κ1) is 27.9. The number of carbonyl (C=O) groups is 2. The fourth-order valence-electron chi connectivity index (χ4n) is 4.40. The minimum absolute atomic E-state index is 0.0566. The SMILES string of the molecule is CCn1ncc(-c2cc(C(F)(F)F)nc3sc(C(N)=O)c(NC(=O)c4ccc(COc5ccccc5C)o4)c23)c1C. The molecule has 0 saturated heterocycles. The van der Waals surface area contributed by atoms with Crippen molar-refractivity contribution >= 4 is 39.1 Å². The van der Waals surface area contributed by atoms with Crippen molar-refractivity contribution < 1.29 is 31.9 Å². The van der Waals surface area contributed by atoms with Gasteiger partial charge < -0.3 is 20.2 Å². The van der Waals surface area contributed by atoms with E-state index < -0.39 is 23.7 Å². The highest BCUT2D eigenvalue weighted by molar-refractivity contribution is 7.21. The number of benzene rings is 1. The first-order valence-corrected chi connectivity index (χ1v) is 13.2. The van der Waals surface area contributed by atoms with Crippen LogP contribution in [0.1, 0.15) is 49.9 Å². The predicted molar refractivity (Wildman–Crippen MR) is 147 cm³/mol. The molecule has 9 nitrogen and oxygen atoms in total. The van der Waals surface area contributed by atoms with Gasteiger partial charge in [0.05, 0.1) is 11.9 Å². The summed E-state index contributed by atoms with van der Waals surface area (Å²) in [6.07, 6.45) is -3.32. The number of thiophene rings is 1. The number of alkyl halides is 3. The number of aromatic nitrogens is 3. The van der Waals surface area contributed by atoms with Crippen LogP contribution in [-0.2, 0) is 19.3 Å². The quantitative estimate of drug-likeness (QED) is 0.220. The number of nitrogens with one attached hydrogen (secondary N) is 1. The molecule has 4 aromatic heterocycles. The lowest BCUT2D eigenvalue weighted by molar-refractivity contribution is -0.140. The number of pyridine rings is 1. The number of ether oxygens (including phenoxy) is 1. The Labute approximate surface area is 235 Å². The summed E-state index contributed by atoms with van der Waals surface area (Å²) in [5, 5.41) is 7.01. The summed E-state index contributed by atoms with van der Waals surface area (Å²) in [5.74, 6) is -0.745. The minimum Gasteiger partial charge on any atom is -0.485 e. The van der Waals surface area contributed by atoms with Gasteiger partial charge in [0.1, 0.15) is 33.5 Å². The molecule has 0 fully saturated rings. The molecule has 13 heteroatoms. The molecule has 0 saturated carbocycles. The third-order valence-electron chi connectivity index (χ3n) is 6.46. The normalized spacial score (nSPS) is 11.7. The van der Waals surface area contributed by atoms with E-state index in [2.05, 4.69) is 15.4 Å². The van der Waals surface area contributed by atoms with Crippen molar-refractivity contribution in [1.29, 1.82) is 0 Å². The number of amides is 2. The number of hydrogen-bond acceptors (Lipinski definition) is 7. The van der Waals surface area contributed by atoms with Crippen molar-refractivity contribution in [3.63, 3.8) is 0 Å². The van der Waals surface area contributed by atoms with Gasteiger partial charge in [0.15, 0.2) is 5.76 Å². The van der Waals surface area contributed by atoms with Crippen LogP contribution in [0.4, 0.5) is 18.9 Å². The Morgan fingerprint density at radius 3 is 2.56 bits per heavy atom. The van der Waals surface area contributed by atoms with E-state index in [4.69, 9.17) is 14.9 Å². The number of carbonyl (C=O) groups excluding carboxylic acids is 2. The Balaban J connectivity index is 1.55. The van der Waals surface area contributed by atoms with Crippen LogP contribution < -0.4 is 15.8 Å². The van der Waals surface area contributed by atoms with Gasteiger partial charge in [-0.3, -0.25) is 14.3 Å². The van der Waals surface area contributed by atoms with Crippen molar-refractivity contribution in [2.75, 3.05) is 5.32 Å². The Morgan fingerprint density at radius 2 is 1.90 bits per heavy atom. The third kappa shape index (κ3) is 5.40. The number of fused-ring (bicyclic) bond motifs is 1. The summed E-state index contributed by atoms with van der Waals surface area (Å²) in [7, 11) is 0. The van der Waals surface area contributed by atoms with Gasteiger partial charge in [0.25, 0.3) is 11.8 Å². The van der Waals surface area contributed by atoms with E-state index in [0.29, 0.717) is 40.6 Å². The molecule has 0 aliphatic rings. The number of nitrogens with zero attached hydrogens (tertiary/aromatic N) is 3. The largest absolute Gasteiger partial charge is 0.485 e. The Kier molecular flexibility index (Phi) is 7.30. The van der Waals surface area contributed by atoms with E-state index in [9.17, 15) is 22.8 Å². The summed E-state index contributed by atoms with van der Waals surface area (Å²) in [5.41, 5.74) is 6.40. The van der Waals surface area contributed by atoms with Gasteiger partial charge in [-0.25, -0.2) is 4.98 Å². The minimum atomic E-state index is -4.76. The lowest BCUT2D eigenvalue weighted by atomic mass is 10.0. The van der Waals surface area contributed by atoms with Gasteiger partial charge in [-0.1, -0.05) is 18.2 Å². The standard InChI is InChI=1S/C28H24F3N5O4S/c1-4-36-15(3)18(12-33-36)17-11-21(28(29,30)31)34-27-22(17)23(24(41-27)25(32)37)35-26(38)20-10-9-16(40-20)13-39-19-8-6-5-7-14(19)2/h5-12H,4,13H2,1-3H3,(H2,32,37)(H,35,38). The van der Waals surface area contributed by atoms with Crippen molar-refractivity contribution in [1.82, 2.24) is 14.8 Å². The maximum absolute atomic E-state index is 13.8. The van der Waals surface area contributed by atoms with E-state index in [-0.39, 0.29) is 38.7 Å². The highest BCUT2D eigenvalue weighted by Gasteiger charge is 2.35. The van der Waals surface area contributed by atoms with Crippen molar-refractivity contribution in [3.05, 3.63) is 82.0 Å². The van der Waals surface area contributed by atoms with Crippen molar-refractivity contribution in [2.45, 2.75) is 40.1 Å². The van der Waals surface area contributed by atoms with Crippen LogP contribution in [0, 0.1) is 13.8 Å². The van der Waals surface area contributed by atoms with Gasteiger partial charge in [0.2, 0.25) is 0 Å². The zero-order chi connectivity index (χ0) is 29.5. The van der Waals surface area contributed by atoms with Gasteiger partial charge in [0, 0.05) is 23.2 Å². The number of aryl methyl sites for hydroxylation is 2. The molecule has 0 spiro atoms. The number of halogens is 3. The summed E-state index contributed by atoms with van der Waals surface area (Å²) in [4.78, 5) is 29.1. The average Bonchev–Trinajstić information content (AvgIpc) is 3.64. The predicted octanol–water partition coefficient (Wildman–Crippen LogP) is 6.34. The molecule has 0 aliphatic heterocycles. The second-order valence-electron chi connectivity index (χ2n) is 9.14. The van der Waals surface area contributed by atoms with Crippen molar-refractivity contribution in [2.24, 2.45) is 5.73 Å². The molecule has 1 aromatic carbocycles. The number of rotatable bonds is 8. The Bertz CT molecular complexity index is 1790. The number of hydrogen-bond donors (Lipinski definition) is 2. The number of furan rings is 1. The van der Waals surface area contributed by atoms with E-state index >= 15 is 0 Å². The smallest absolute Gasteiger partial charge is 0.433 e. The van der Waals surface area contributed by atoms with Crippen molar-refractivity contribution in [3.8, 4) is 16.9 Å². The van der Waals surface area contributed by atoms with Crippen LogP contribution in [0.5, 0.6) is 5.75 Å². The molecular weight excluding hydrogens is 559 g/mol. The highest BCUT2D eigenvalue weighted by atomic mass is 32.1. The zero-order valence-corrected chi connectivity index (χ0v) is 22.9. The Morgan fingerprint density at radius 1 is 1.15 bits per heavy atom. The highest BCUT2D eigenvalue weighted by Crippen LogP contribution is 2.44. The van der Waals surface area contributed by atoms with Gasteiger partial charge >= 0.3 is 6.18 Å². The van der Waals surface area contributed by atoms with Gasteiger partial charge in [-0.15, -0.1) is 11.3 Å². The molecular formula is C28H24F3N5O4S. The molecule has 3 N–H and O–H groups in total. The zero-order valence-electron chi connectivity index (χ0n) is 22.1. The molecule has 0 unspecified atom stereocenters. The second kappa shape index (κ2) is 10.7. The van der Waals surface area contributed by atoms with E-state index in [0.717, 1.165) is 11.6 Å². The van der Waals surface area contributed by atoms with Crippen LogP contribution in [-0.4, -0.2) is 26.6 Å². The number of primary amides is 1. The van der Waals surface area contributed by atoms with Crippen LogP contribution in [0.3, 0.4) is 0 Å². The van der Waals surface area contributed by atoms with Crippen LogP contribution >= 0.6 is 11.3 Å². The van der Waals surface area contributed by atoms with Gasteiger partial charge in [-0.2, -0.15) is 18.3 Å². The summed E-state index contributed by atoms with van der Waals surface area (Å²) in [6, 6.07) is 11.3. The van der Waals surface area contributed by atoms with Crippen LogP contribution in [0.2, 0.25) is 0 Å². The fraction of sp³-hybridized carbons (Fsp3) is 0.214. The molecule has 41 heavy (non-hydrogen) atoms. The van der Waals surface area contributed by atoms with Crippen LogP contribution in [0.15, 0.2) is 53.1 Å². The summed E-state index contributed by atoms with van der Waals surface area (Å²) in [6.45, 7) is 6.00. The first-order valence-electron chi connectivity index (χ1n) is 12.4.